The Morgan fingerprint density at radius 3 is 2.40 bits per heavy atom. The lowest BCUT2D eigenvalue weighted by Gasteiger charge is -2.06. The second kappa shape index (κ2) is 7.32. The van der Waals surface area contributed by atoms with Crippen molar-refractivity contribution in [1.29, 1.82) is 0 Å². The summed E-state index contributed by atoms with van der Waals surface area (Å²) in [6.45, 7) is 0. The quantitative estimate of drug-likeness (QED) is 0.460. The number of aryl methyl sites for hydroxylation is 1. The second-order valence-electron chi connectivity index (χ2n) is 4.51. The lowest BCUT2D eigenvalue weighted by atomic mass is 10.0. The van der Waals surface area contributed by atoms with Crippen LogP contribution >= 0.6 is 23.2 Å². The minimum absolute atomic E-state index is 0.567. The van der Waals surface area contributed by atoms with Crippen LogP contribution in [-0.2, 0) is 6.42 Å². The van der Waals surface area contributed by atoms with Gasteiger partial charge in [-0.3, -0.25) is 0 Å². The van der Waals surface area contributed by atoms with Crippen molar-refractivity contribution in [2.75, 3.05) is 0 Å². The maximum Gasteiger partial charge on any atom is 0.0867 e. The van der Waals surface area contributed by atoms with Crippen LogP contribution in [0.25, 0.3) is 0 Å². The van der Waals surface area contributed by atoms with E-state index in [0.717, 1.165) is 24.0 Å². The van der Waals surface area contributed by atoms with Crippen molar-refractivity contribution in [2.24, 2.45) is 5.16 Å². The van der Waals surface area contributed by atoms with Gasteiger partial charge in [-0.05, 0) is 42.5 Å². The van der Waals surface area contributed by atoms with Crippen LogP contribution in [-0.4, -0.2) is 10.9 Å². The van der Waals surface area contributed by atoms with Gasteiger partial charge < -0.3 is 5.21 Å². The highest BCUT2D eigenvalue weighted by Crippen LogP contribution is 2.23. The Labute approximate surface area is 128 Å². The van der Waals surface area contributed by atoms with Gasteiger partial charge in [-0.15, -0.1) is 0 Å². The highest BCUT2D eigenvalue weighted by Gasteiger charge is 2.05. The fraction of sp³-hybridized carbons (Fsp3) is 0.188. The van der Waals surface area contributed by atoms with Crippen LogP contribution in [0.5, 0.6) is 0 Å². The van der Waals surface area contributed by atoms with Crippen LogP contribution in [0.1, 0.15) is 24.0 Å². The van der Waals surface area contributed by atoms with E-state index >= 15 is 0 Å². The summed E-state index contributed by atoms with van der Waals surface area (Å²) in [7, 11) is 0. The van der Waals surface area contributed by atoms with Crippen molar-refractivity contribution in [3.05, 3.63) is 69.7 Å². The third-order valence-corrected chi connectivity index (χ3v) is 3.83. The maximum atomic E-state index is 9.11. The van der Waals surface area contributed by atoms with E-state index < -0.39 is 0 Å². The largest absolute Gasteiger partial charge is 0.411 e. The van der Waals surface area contributed by atoms with Crippen molar-refractivity contribution < 1.29 is 5.21 Å². The molecule has 2 rings (SSSR count). The summed E-state index contributed by atoms with van der Waals surface area (Å²) in [5.74, 6) is 0. The minimum Gasteiger partial charge on any atom is -0.411 e. The highest BCUT2D eigenvalue weighted by atomic mass is 35.5. The lowest BCUT2D eigenvalue weighted by molar-refractivity contribution is 0.318. The van der Waals surface area contributed by atoms with E-state index in [4.69, 9.17) is 28.4 Å². The molecular weight excluding hydrogens is 293 g/mol. The van der Waals surface area contributed by atoms with Crippen molar-refractivity contribution in [3.63, 3.8) is 0 Å². The number of hydrogen-bond acceptors (Lipinski definition) is 2. The normalized spacial score (nSPS) is 11.6. The van der Waals surface area contributed by atoms with Crippen LogP contribution < -0.4 is 0 Å². The smallest absolute Gasteiger partial charge is 0.0867 e. The molecule has 20 heavy (non-hydrogen) atoms. The molecule has 0 atom stereocenters. The van der Waals surface area contributed by atoms with E-state index in [1.807, 2.05) is 42.5 Å². The number of hydrogen-bond donors (Lipinski definition) is 1. The van der Waals surface area contributed by atoms with Gasteiger partial charge >= 0.3 is 0 Å². The molecule has 0 spiro atoms. The van der Waals surface area contributed by atoms with Gasteiger partial charge in [0.1, 0.15) is 0 Å². The second-order valence-corrected chi connectivity index (χ2v) is 5.33. The molecule has 1 N–H and O–H groups in total. The van der Waals surface area contributed by atoms with Crippen LogP contribution in [0, 0.1) is 0 Å². The maximum absolute atomic E-state index is 9.11. The van der Waals surface area contributed by atoms with E-state index in [1.54, 1.807) is 6.07 Å². The van der Waals surface area contributed by atoms with E-state index in [0.29, 0.717) is 22.2 Å². The predicted molar refractivity (Wildman–Crippen MR) is 84.2 cm³/mol. The number of rotatable bonds is 5. The standard InChI is InChI=1S/C16H15Cl2NO/c17-14-10-9-12(11-15(14)18)5-4-8-16(19-20)13-6-2-1-3-7-13/h1-3,6-7,9-11,20H,4-5,8H2. The van der Waals surface area contributed by atoms with E-state index in [2.05, 4.69) is 5.16 Å². The van der Waals surface area contributed by atoms with Gasteiger partial charge in [0, 0.05) is 0 Å². The van der Waals surface area contributed by atoms with Crippen LogP contribution in [0.3, 0.4) is 0 Å². The molecule has 0 aliphatic carbocycles. The Balaban J connectivity index is 1.93. The first-order chi connectivity index (χ1) is 9.70. The van der Waals surface area contributed by atoms with Gasteiger partial charge in [-0.2, -0.15) is 0 Å². The molecule has 0 radical (unpaired) electrons. The van der Waals surface area contributed by atoms with Crippen molar-refractivity contribution in [2.45, 2.75) is 19.3 Å². The average Bonchev–Trinajstić information content (AvgIpc) is 2.48. The van der Waals surface area contributed by atoms with Crippen molar-refractivity contribution >= 4 is 28.9 Å². The molecule has 0 aliphatic rings. The zero-order valence-corrected chi connectivity index (χ0v) is 12.4. The molecule has 4 heteroatoms. The molecule has 0 aliphatic heterocycles. The van der Waals surface area contributed by atoms with E-state index in [-0.39, 0.29) is 0 Å². The molecular formula is C16H15Cl2NO. The van der Waals surface area contributed by atoms with Gasteiger partial charge in [0.15, 0.2) is 0 Å². The number of oxime groups is 1. The van der Waals surface area contributed by atoms with Crippen molar-refractivity contribution in [1.82, 2.24) is 0 Å². The predicted octanol–water partition coefficient (Wildman–Crippen LogP) is 5.19. The molecule has 2 aromatic carbocycles. The van der Waals surface area contributed by atoms with Gasteiger partial charge in [-0.25, -0.2) is 0 Å². The molecule has 0 aromatic heterocycles. The van der Waals surface area contributed by atoms with Gasteiger partial charge in [0.2, 0.25) is 0 Å². The molecule has 0 saturated heterocycles. The number of nitrogens with zero attached hydrogens (tertiary/aromatic N) is 1. The molecule has 2 nitrogen and oxygen atoms in total. The van der Waals surface area contributed by atoms with Gasteiger partial charge in [-0.1, -0.05) is 64.8 Å². The van der Waals surface area contributed by atoms with Crippen LogP contribution in [0.15, 0.2) is 53.7 Å². The fourth-order valence-electron chi connectivity index (χ4n) is 2.04. The van der Waals surface area contributed by atoms with Gasteiger partial charge in [0.25, 0.3) is 0 Å². The summed E-state index contributed by atoms with van der Waals surface area (Å²) in [4.78, 5) is 0. The molecule has 0 saturated carbocycles. The van der Waals surface area contributed by atoms with Gasteiger partial charge in [0.05, 0.1) is 15.8 Å². The Morgan fingerprint density at radius 1 is 1.00 bits per heavy atom. The fourth-order valence-corrected chi connectivity index (χ4v) is 2.36. The summed E-state index contributed by atoms with van der Waals surface area (Å²) in [6, 6.07) is 15.3. The molecule has 0 bridgehead atoms. The lowest BCUT2D eigenvalue weighted by Crippen LogP contribution is -2.01. The van der Waals surface area contributed by atoms with E-state index in [9.17, 15) is 0 Å². The zero-order chi connectivity index (χ0) is 14.4. The first-order valence-electron chi connectivity index (χ1n) is 6.41. The Hall–Kier alpha value is -1.51. The molecule has 0 unspecified atom stereocenters. The Bertz CT molecular complexity index is 597. The topological polar surface area (TPSA) is 32.6 Å². The third kappa shape index (κ3) is 3.99. The summed E-state index contributed by atoms with van der Waals surface area (Å²) >= 11 is 11.9. The minimum atomic E-state index is 0.567. The third-order valence-electron chi connectivity index (χ3n) is 3.09. The number of benzene rings is 2. The molecule has 0 fully saturated rings. The molecule has 2 aromatic rings. The van der Waals surface area contributed by atoms with E-state index in [1.165, 1.54) is 0 Å². The first-order valence-corrected chi connectivity index (χ1v) is 7.16. The first kappa shape index (κ1) is 14.9. The SMILES string of the molecule is ON=C(CCCc1ccc(Cl)c(Cl)c1)c1ccccc1. The Morgan fingerprint density at radius 2 is 1.75 bits per heavy atom. The molecule has 0 amide bonds. The van der Waals surface area contributed by atoms with Crippen LogP contribution in [0.4, 0.5) is 0 Å². The monoisotopic (exact) mass is 307 g/mol. The summed E-state index contributed by atoms with van der Waals surface area (Å²) in [5, 5.41) is 13.6. The summed E-state index contributed by atoms with van der Waals surface area (Å²) in [5.41, 5.74) is 2.78. The summed E-state index contributed by atoms with van der Waals surface area (Å²) < 4.78 is 0. The highest BCUT2D eigenvalue weighted by molar-refractivity contribution is 6.42. The van der Waals surface area contributed by atoms with Crippen LogP contribution in [0.2, 0.25) is 10.0 Å². The number of halogens is 2. The Kier molecular flexibility index (Phi) is 5.45. The molecule has 104 valence electrons. The molecule has 0 heterocycles. The zero-order valence-electron chi connectivity index (χ0n) is 10.9. The average molecular weight is 308 g/mol. The van der Waals surface area contributed by atoms with Crippen molar-refractivity contribution in [3.8, 4) is 0 Å². The summed E-state index contributed by atoms with van der Waals surface area (Å²) in [6.07, 6.45) is 2.45.